The molecule has 0 bridgehead atoms. The van der Waals surface area contributed by atoms with Crippen molar-refractivity contribution in [2.45, 2.75) is 18.6 Å². The van der Waals surface area contributed by atoms with Gasteiger partial charge in [0.2, 0.25) is 0 Å². The normalized spacial score (nSPS) is 20.1. The van der Waals surface area contributed by atoms with E-state index < -0.39 is 12.2 Å². The molecule has 0 saturated carbocycles. The first-order chi connectivity index (χ1) is 10.5. The van der Waals surface area contributed by atoms with Gasteiger partial charge < -0.3 is 29.9 Å². The fraction of sp³-hybridized carbons (Fsp3) is 0.250. The van der Waals surface area contributed by atoms with E-state index >= 15 is 0 Å². The van der Waals surface area contributed by atoms with Gasteiger partial charge in [-0.25, -0.2) is 0 Å². The Hall–Kier alpha value is -2.60. The molecule has 1 heterocycles. The van der Waals surface area contributed by atoms with Crippen LogP contribution in [0.15, 0.2) is 30.3 Å². The number of hydrogen-bond donors (Lipinski definition) is 4. The molecule has 0 spiro atoms. The summed E-state index contributed by atoms with van der Waals surface area (Å²) < 4.78 is 10.7. The highest BCUT2D eigenvalue weighted by atomic mass is 16.5. The third kappa shape index (κ3) is 2.37. The Kier molecular flexibility index (Phi) is 3.46. The van der Waals surface area contributed by atoms with Crippen molar-refractivity contribution in [3.63, 3.8) is 0 Å². The molecule has 0 aliphatic carbocycles. The van der Waals surface area contributed by atoms with Crippen LogP contribution in [0.4, 0.5) is 0 Å². The van der Waals surface area contributed by atoms with Crippen molar-refractivity contribution in [3.8, 4) is 28.7 Å². The fourth-order valence-electron chi connectivity index (χ4n) is 2.63. The smallest absolute Gasteiger partial charge is 0.160 e. The molecule has 0 radical (unpaired) electrons. The molecule has 22 heavy (non-hydrogen) atoms. The molecular weight excluding hydrogens is 288 g/mol. The summed E-state index contributed by atoms with van der Waals surface area (Å²) in [4.78, 5) is 0. The lowest BCUT2D eigenvalue weighted by molar-refractivity contribution is 0.0197. The van der Waals surface area contributed by atoms with Gasteiger partial charge in [-0.15, -0.1) is 0 Å². The summed E-state index contributed by atoms with van der Waals surface area (Å²) in [6.07, 6.45) is -1.43. The highest BCUT2D eigenvalue weighted by Gasteiger charge is 2.32. The van der Waals surface area contributed by atoms with E-state index in [-0.39, 0.29) is 23.7 Å². The largest absolute Gasteiger partial charge is 0.508 e. The Morgan fingerprint density at radius 3 is 2.55 bits per heavy atom. The van der Waals surface area contributed by atoms with Gasteiger partial charge in [0.1, 0.15) is 23.4 Å². The molecule has 2 aromatic carbocycles. The highest BCUT2D eigenvalue weighted by Crippen LogP contribution is 2.42. The number of methoxy groups -OCH3 is 1. The van der Waals surface area contributed by atoms with Crippen molar-refractivity contribution < 1.29 is 29.9 Å². The van der Waals surface area contributed by atoms with Gasteiger partial charge in [-0.2, -0.15) is 0 Å². The van der Waals surface area contributed by atoms with Crippen LogP contribution in [0.5, 0.6) is 28.7 Å². The van der Waals surface area contributed by atoms with E-state index in [2.05, 4.69) is 0 Å². The Balaban J connectivity index is 1.97. The van der Waals surface area contributed by atoms with Gasteiger partial charge in [0.15, 0.2) is 11.5 Å². The molecule has 0 unspecified atom stereocenters. The number of aliphatic hydroxyl groups excluding tert-OH is 1. The number of ether oxygens (including phenoxy) is 2. The zero-order valence-corrected chi connectivity index (χ0v) is 11.9. The molecule has 0 fully saturated rings. The van der Waals surface area contributed by atoms with Crippen LogP contribution in [0, 0.1) is 0 Å². The van der Waals surface area contributed by atoms with Crippen LogP contribution in [0.1, 0.15) is 17.2 Å². The summed E-state index contributed by atoms with van der Waals surface area (Å²) in [6, 6.07) is 7.31. The summed E-state index contributed by atoms with van der Waals surface area (Å²) in [5, 5.41) is 39.5. The number of hydrogen-bond acceptors (Lipinski definition) is 6. The molecule has 3 rings (SSSR count). The van der Waals surface area contributed by atoms with E-state index in [1.54, 1.807) is 12.1 Å². The molecule has 2 aromatic rings. The van der Waals surface area contributed by atoms with Crippen LogP contribution in [0.25, 0.3) is 0 Å². The maximum atomic E-state index is 10.3. The van der Waals surface area contributed by atoms with E-state index in [0.717, 1.165) is 0 Å². The quantitative estimate of drug-likeness (QED) is 0.676. The average molecular weight is 304 g/mol. The summed E-state index contributed by atoms with van der Waals surface area (Å²) in [5.41, 5.74) is 1.01. The zero-order valence-electron chi connectivity index (χ0n) is 11.9. The molecule has 0 aromatic heterocycles. The Morgan fingerprint density at radius 1 is 1.09 bits per heavy atom. The monoisotopic (exact) mass is 304 g/mol. The highest BCUT2D eigenvalue weighted by molar-refractivity contribution is 5.52. The van der Waals surface area contributed by atoms with Crippen LogP contribution in [0.3, 0.4) is 0 Å². The summed E-state index contributed by atoms with van der Waals surface area (Å²) in [7, 11) is 1.45. The number of aromatic hydroxyl groups is 3. The van der Waals surface area contributed by atoms with Crippen molar-refractivity contribution in [2.24, 2.45) is 0 Å². The first-order valence-electron chi connectivity index (χ1n) is 6.76. The molecule has 0 saturated heterocycles. The lowest BCUT2D eigenvalue weighted by atomic mass is 9.94. The molecule has 2 atom stereocenters. The fourth-order valence-corrected chi connectivity index (χ4v) is 2.63. The summed E-state index contributed by atoms with van der Waals surface area (Å²) >= 11 is 0. The molecule has 6 nitrogen and oxygen atoms in total. The van der Waals surface area contributed by atoms with Crippen LogP contribution < -0.4 is 9.47 Å². The Morgan fingerprint density at radius 2 is 1.86 bits per heavy atom. The second kappa shape index (κ2) is 5.31. The molecule has 1 aliphatic heterocycles. The second-order valence-corrected chi connectivity index (χ2v) is 5.18. The number of phenolic OH excluding ortho intramolecular Hbond substituents is 3. The first-order valence-corrected chi connectivity index (χ1v) is 6.76. The van der Waals surface area contributed by atoms with Crippen LogP contribution in [-0.2, 0) is 6.42 Å². The maximum absolute atomic E-state index is 10.3. The lowest BCUT2D eigenvalue weighted by Crippen LogP contribution is -2.30. The minimum atomic E-state index is -0.893. The van der Waals surface area contributed by atoms with E-state index in [1.165, 1.54) is 25.3 Å². The number of rotatable bonds is 2. The molecule has 0 amide bonds. The first kappa shape index (κ1) is 14.3. The van der Waals surface area contributed by atoms with E-state index in [0.29, 0.717) is 22.6 Å². The van der Waals surface area contributed by atoms with Crippen molar-refractivity contribution in [2.75, 3.05) is 7.11 Å². The average Bonchev–Trinajstić information content (AvgIpc) is 2.47. The Labute approximate surface area is 126 Å². The van der Waals surface area contributed by atoms with Gasteiger partial charge >= 0.3 is 0 Å². The summed E-state index contributed by atoms with van der Waals surface area (Å²) in [5.74, 6) is 0.335. The van der Waals surface area contributed by atoms with Crippen molar-refractivity contribution in [3.05, 3.63) is 41.5 Å². The van der Waals surface area contributed by atoms with Crippen LogP contribution in [0.2, 0.25) is 0 Å². The molecule has 116 valence electrons. The van der Waals surface area contributed by atoms with Crippen LogP contribution in [-0.4, -0.2) is 33.6 Å². The maximum Gasteiger partial charge on any atom is 0.160 e. The van der Waals surface area contributed by atoms with E-state index in [4.69, 9.17) is 9.47 Å². The number of benzene rings is 2. The SMILES string of the molecule is COc1ccc([C@@H]2Oc3cc(O)cc(O)c3C[C@@H]2O)cc1O. The van der Waals surface area contributed by atoms with Crippen molar-refractivity contribution >= 4 is 0 Å². The van der Waals surface area contributed by atoms with Gasteiger partial charge in [-0.05, 0) is 17.7 Å². The standard InChI is InChI=1S/C16H16O6/c1-21-14-3-2-8(4-12(14)19)16-13(20)7-10-11(18)5-9(17)6-15(10)22-16/h2-6,13,16-20H,7H2,1H3/t13-,16-/m0/s1. The van der Waals surface area contributed by atoms with Crippen molar-refractivity contribution in [1.29, 1.82) is 0 Å². The van der Waals surface area contributed by atoms with Gasteiger partial charge in [-0.3, -0.25) is 0 Å². The number of phenols is 3. The van der Waals surface area contributed by atoms with E-state index in [9.17, 15) is 20.4 Å². The Bertz CT molecular complexity index is 712. The minimum Gasteiger partial charge on any atom is -0.508 e. The lowest BCUT2D eigenvalue weighted by Gasteiger charge is -2.31. The summed E-state index contributed by atoms with van der Waals surface area (Å²) in [6.45, 7) is 0. The van der Waals surface area contributed by atoms with Gasteiger partial charge in [-0.1, -0.05) is 6.07 Å². The van der Waals surface area contributed by atoms with Crippen LogP contribution >= 0.6 is 0 Å². The third-order valence-electron chi connectivity index (χ3n) is 3.72. The molecule has 6 heteroatoms. The van der Waals surface area contributed by atoms with E-state index in [1.807, 2.05) is 0 Å². The number of aliphatic hydroxyl groups is 1. The molecule has 4 N–H and O–H groups in total. The zero-order chi connectivity index (χ0) is 15.9. The molecular formula is C16H16O6. The predicted octanol–water partition coefficient (Wildman–Crippen LogP) is 1.85. The third-order valence-corrected chi connectivity index (χ3v) is 3.72. The number of fused-ring (bicyclic) bond motifs is 1. The van der Waals surface area contributed by atoms with Gasteiger partial charge in [0.05, 0.1) is 13.2 Å². The van der Waals surface area contributed by atoms with Gasteiger partial charge in [0, 0.05) is 24.1 Å². The second-order valence-electron chi connectivity index (χ2n) is 5.18. The minimum absolute atomic E-state index is 0.0552. The predicted molar refractivity (Wildman–Crippen MR) is 77.5 cm³/mol. The molecule has 1 aliphatic rings. The topological polar surface area (TPSA) is 99.4 Å². The van der Waals surface area contributed by atoms with Crippen molar-refractivity contribution in [1.82, 2.24) is 0 Å². The van der Waals surface area contributed by atoms with Gasteiger partial charge in [0.25, 0.3) is 0 Å².